The number of allylic oxidation sites excluding steroid dienone is 1. The van der Waals surface area contributed by atoms with Crippen molar-refractivity contribution in [3.63, 3.8) is 0 Å². The number of halogens is 1. The van der Waals surface area contributed by atoms with Crippen LogP contribution in [0.15, 0.2) is 72.1 Å². The van der Waals surface area contributed by atoms with Crippen molar-refractivity contribution in [3.05, 3.63) is 81.4 Å². The number of unbranched alkanes of at least 4 members (excludes halogenated alkanes) is 2. The Morgan fingerprint density at radius 1 is 0.949 bits per heavy atom. The Labute approximate surface area is 251 Å². The Bertz CT molecular complexity index is 1630. The minimum Gasteiger partial charge on any atom is -0.0855 e. The number of hydrogen-bond donors (Lipinski definition) is 1. The number of nitrogens with one attached hydrogen (secondary N) is 1. The predicted octanol–water partition coefficient (Wildman–Crippen LogP) is 11.4. The Balaban J connectivity index is 1.64. The van der Waals surface area contributed by atoms with Gasteiger partial charge in [0.05, 0.1) is 0 Å². The molecule has 0 aliphatic rings. The Morgan fingerprint density at radius 2 is 1.79 bits per heavy atom. The first kappa shape index (κ1) is 28.2. The monoisotopic (exact) mass is 664 g/mol. The van der Waals surface area contributed by atoms with Crippen molar-refractivity contribution < 1.29 is 0 Å². The molecule has 0 unspecified atom stereocenters. The second-order valence-corrected chi connectivity index (χ2v) is 15.2. The predicted molar refractivity (Wildman–Crippen MR) is 187 cm³/mol. The van der Waals surface area contributed by atoms with Gasteiger partial charge in [0.15, 0.2) is 0 Å². The Morgan fingerprint density at radius 3 is 2.59 bits per heavy atom. The zero-order valence-electron chi connectivity index (χ0n) is 23.0. The Hall–Kier alpha value is -2.35. The summed E-state index contributed by atoms with van der Waals surface area (Å²) < 4.78 is 2.93. The van der Waals surface area contributed by atoms with Gasteiger partial charge in [-0.25, -0.2) is 0 Å². The van der Waals surface area contributed by atoms with Gasteiger partial charge >= 0.3 is 226 Å². The average Bonchev–Trinajstić information content (AvgIpc) is 3.59. The summed E-state index contributed by atoms with van der Waals surface area (Å²) in [6.45, 7) is 10.6. The molecule has 3 aromatic carbocycles. The second-order valence-electron chi connectivity index (χ2n) is 9.68. The summed E-state index contributed by atoms with van der Waals surface area (Å²) in [6, 6.07) is 21.0. The summed E-state index contributed by atoms with van der Waals surface area (Å²) in [6.07, 6.45) is 11.1. The molecular formula is C34H37IN2S2. The van der Waals surface area contributed by atoms with Crippen molar-refractivity contribution in [3.8, 4) is 22.0 Å². The van der Waals surface area contributed by atoms with Crippen molar-refractivity contribution in [2.24, 2.45) is 0 Å². The molecule has 0 saturated carbocycles. The molecule has 5 rings (SSSR count). The van der Waals surface area contributed by atoms with Crippen molar-refractivity contribution in [2.45, 2.75) is 51.3 Å². The normalized spacial score (nSPS) is 11.9. The number of rotatable bonds is 12. The van der Waals surface area contributed by atoms with Crippen LogP contribution in [0, 0.1) is 3.57 Å². The number of benzene rings is 3. The summed E-state index contributed by atoms with van der Waals surface area (Å²) in [5, 5.41) is 6.27. The number of nitrogens with zero attached hydrogens (tertiary/aromatic N) is 1. The van der Waals surface area contributed by atoms with Crippen LogP contribution in [0.2, 0.25) is 0 Å². The Kier molecular flexibility index (Phi) is 9.64. The summed E-state index contributed by atoms with van der Waals surface area (Å²) >= 11 is 3.51. The van der Waals surface area contributed by atoms with Crippen LogP contribution in [0.3, 0.4) is 0 Å². The molecule has 202 valence electrons. The van der Waals surface area contributed by atoms with Gasteiger partial charge in [0, 0.05) is 0 Å². The molecule has 0 saturated heterocycles. The van der Waals surface area contributed by atoms with E-state index in [-0.39, 0.29) is 21.2 Å². The number of alkyl halides is 1. The zero-order chi connectivity index (χ0) is 27.2. The van der Waals surface area contributed by atoms with Crippen molar-refractivity contribution >= 4 is 78.0 Å². The van der Waals surface area contributed by atoms with Crippen LogP contribution in [0.25, 0.3) is 55.7 Å². The zero-order valence-corrected chi connectivity index (χ0v) is 27.0. The van der Waals surface area contributed by atoms with E-state index in [1.54, 1.807) is 14.9 Å². The molecule has 39 heavy (non-hydrogen) atoms. The van der Waals surface area contributed by atoms with E-state index in [0.717, 1.165) is 32.7 Å². The number of H-pyrrole nitrogens is 1. The molecule has 2 nitrogen and oxygen atoms in total. The van der Waals surface area contributed by atoms with E-state index in [0.29, 0.717) is 0 Å². The third-order valence-electron chi connectivity index (χ3n) is 6.81. The SMILES string of the molecule is C=Cc1sc(-c2ccc(-c3c4ccc([IH]CCCC)cc4cc4ccc(SCCCC)cc34)[nH]2)nc1/C=C\C. The summed E-state index contributed by atoms with van der Waals surface area (Å²) in [4.78, 5) is 11.1. The van der Waals surface area contributed by atoms with Gasteiger partial charge in [-0.3, -0.25) is 0 Å². The van der Waals surface area contributed by atoms with E-state index in [9.17, 15) is 0 Å². The molecule has 5 heteroatoms. The molecular weight excluding hydrogens is 627 g/mol. The van der Waals surface area contributed by atoms with E-state index < -0.39 is 0 Å². The minimum absolute atomic E-state index is 0.139. The van der Waals surface area contributed by atoms with Gasteiger partial charge in [0.2, 0.25) is 0 Å². The number of fused-ring (bicyclic) bond motifs is 2. The van der Waals surface area contributed by atoms with Crippen molar-refractivity contribution in [2.75, 3.05) is 10.2 Å². The van der Waals surface area contributed by atoms with Gasteiger partial charge < -0.3 is 0 Å². The molecule has 0 aliphatic carbocycles. The van der Waals surface area contributed by atoms with E-state index in [1.165, 1.54) is 62.1 Å². The van der Waals surface area contributed by atoms with Crippen molar-refractivity contribution in [1.29, 1.82) is 0 Å². The standard InChI is InChI=1S/C34H37IN2S2/c1-5-9-18-35-25-13-15-27-24(21-25)20-23-12-14-26(38-19-10-6-2)22-28(23)33(27)30-16-17-31(36-30)34-37-29(11-7-3)32(8-4)39-34/h7-8,11-17,20-22,35-36H,4-6,9-10,18-19H2,1-3H3/b11-7-. The first-order valence-corrected chi connectivity index (χ1v) is 18.5. The molecule has 0 atom stereocenters. The van der Waals surface area contributed by atoms with Gasteiger partial charge in [0.25, 0.3) is 0 Å². The van der Waals surface area contributed by atoms with Crippen LogP contribution in [0.4, 0.5) is 0 Å². The van der Waals surface area contributed by atoms with Crippen LogP contribution < -0.4 is 0 Å². The van der Waals surface area contributed by atoms with Gasteiger partial charge in [0.1, 0.15) is 0 Å². The van der Waals surface area contributed by atoms with Gasteiger partial charge in [-0.15, -0.1) is 0 Å². The summed E-state index contributed by atoms with van der Waals surface area (Å²) in [5.41, 5.74) is 4.47. The fourth-order valence-electron chi connectivity index (χ4n) is 4.76. The van der Waals surface area contributed by atoms with Crippen LogP contribution >= 0.6 is 44.3 Å². The van der Waals surface area contributed by atoms with Gasteiger partial charge in [-0.05, 0) is 6.92 Å². The van der Waals surface area contributed by atoms with Crippen LogP contribution in [-0.2, 0) is 0 Å². The van der Waals surface area contributed by atoms with E-state index in [2.05, 4.69) is 86.1 Å². The molecule has 0 fully saturated rings. The third kappa shape index (κ3) is 6.36. The number of aromatic nitrogens is 2. The molecule has 2 heterocycles. The maximum absolute atomic E-state index is 4.91. The molecule has 0 aliphatic heterocycles. The van der Waals surface area contributed by atoms with Gasteiger partial charge in [-0.1, -0.05) is 19.6 Å². The number of thiazole rings is 1. The summed E-state index contributed by atoms with van der Waals surface area (Å²) in [5.74, 6) is 1.16. The molecule has 2 aromatic heterocycles. The fraction of sp³-hybridized carbons (Fsp3) is 0.265. The quantitative estimate of drug-likeness (QED) is 0.0473. The van der Waals surface area contributed by atoms with Crippen molar-refractivity contribution in [1.82, 2.24) is 9.97 Å². The fourth-order valence-corrected chi connectivity index (χ4v) is 9.66. The van der Waals surface area contributed by atoms with E-state index in [1.807, 2.05) is 30.8 Å². The molecule has 1 N–H and O–H groups in total. The average molecular weight is 665 g/mol. The first-order valence-electron chi connectivity index (χ1n) is 13.9. The van der Waals surface area contributed by atoms with Crippen LogP contribution in [0.1, 0.15) is 57.0 Å². The number of thioether (sulfide) groups is 1. The van der Waals surface area contributed by atoms with Gasteiger partial charge in [-0.2, -0.15) is 0 Å². The molecule has 0 radical (unpaired) electrons. The number of hydrogen-bond acceptors (Lipinski definition) is 3. The van der Waals surface area contributed by atoms with Crippen LogP contribution in [0.5, 0.6) is 0 Å². The smallest absolute Gasteiger partial charge is 0.0855 e. The second kappa shape index (κ2) is 13.3. The topological polar surface area (TPSA) is 28.7 Å². The molecule has 0 amide bonds. The van der Waals surface area contributed by atoms with E-state index in [4.69, 9.17) is 4.98 Å². The van der Waals surface area contributed by atoms with Crippen LogP contribution in [-0.4, -0.2) is 20.1 Å². The molecule has 0 bridgehead atoms. The minimum atomic E-state index is -0.139. The summed E-state index contributed by atoms with van der Waals surface area (Å²) in [7, 11) is 0. The third-order valence-corrected chi connectivity index (χ3v) is 12.1. The first-order chi connectivity index (χ1) is 19.1. The number of aromatic amines is 1. The molecule has 0 spiro atoms. The van der Waals surface area contributed by atoms with E-state index >= 15 is 0 Å². The maximum atomic E-state index is 4.91. The molecule has 5 aromatic rings.